The lowest BCUT2D eigenvalue weighted by Crippen LogP contribution is -1.93. The fourth-order valence-electron chi connectivity index (χ4n) is 3.43. The van der Waals surface area contributed by atoms with E-state index >= 15 is 0 Å². The summed E-state index contributed by atoms with van der Waals surface area (Å²) in [6.45, 7) is 0.374. The molecule has 5 nitrogen and oxygen atoms in total. The molecule has 5 rings (SSSR count). The Balaban J connectivity index is 1.69. The van der Waals surface area contributed by atoms with E-state index in [4.69, 9.17) is 4.74 Å². The lowest BCUT2D eigenvalue weighted by Gasteiger charge is -2.06. The van der Waals surface area contributed by atoms with E-state index in [9.17, 15) is 9.18 Å². The second kappa shape index (κ2) is 6.35. The molecule has 0 radical (unpaired) electrons. The highest BCUT2D eigenvalue weighted by Gasteiger charge is 2.17. The zero-order valence-electron chi connectivity index (χ0n) is 14.6. The first kappa shape index (κ1) is 16.3. The molecule has 0 amide bonds. The van der Waals surface area contributed by atoms with Crippen LogP contribution in [0.15, 0.2) is 73.1 Å². The molecule has 136 valence electrons. The lowest BCUT2D eigenvalue weighted by atomic mass is 10.1. The van der Waals surface area contributed by atoms with Crippen molar-refractivity contribution in [1.29, 1.82) is 0 Å². The van der Waals surface area contributed by atoms with E-state index in [1.807, 2.05) is 53.2 Å². The van der Waals surface area contributed by atoms with Crippen LogP contribution in [0.2, 0.25) is 0 Å². The number of H-pyrrole nitrogens is 1. The van der Waals surface area contributed by atoms with E-state index < -0.39 is 0 Å². The zero-order valence-corrected chi connectivity index (χ0v) is 14.6. The third-order valence-electron chi connectivity index (χ3n) is 4.76. The molecule has 2 aromatic carbocycles. The van der Waals surface area contributed by atoms with E-state index in [-0.39, 0.29) is 11.7 Å². The van der Waals surface area contributed by atoms with Crippen LogP contribution in [-0.4, -0.2) is 20.8 Å². The number of pyridine rings is 1. The monoisotopic (exact) mass is 371 g/mol. The number of carbonyl (C=O) groups is 1. The topological polar surface area (TPSA) is 59.4 Å². The number of nitrogens with zero attached hydrogens (tertiary/aromatic N) is 2. The van der Waals surface area contributed by atoms with Crippen LogP contribution >= 0.6 is 0 Å². The number of fused-ring (bicyclic) bond motifs is 2. The predicted octanol–water partition coefficient (Wildman–Crippen LogP) is 4.82. The Morgan fingerprint density at radius 3 is 2.61 bits per heavy atom. The summed E-state index contributed by atoms with van der Waals surface area (Å²) in [6.07, 6.45) is 3.74. The number of aromatic amines is 1. The zero-order chi connectivity index (χ0) is 19.1. The number of hydrogen-bond acceptors (Lipinski definition) is 3. The van der Waals surface area contributed by atoms with Gasteiger partial charge in [0.15, 0.2) is 0 Å². The maximum atomic E-state index is 13.2. The average Bonchev–Trinajstić information content (AvgIpc) is 3.31. The number of nitrogens with one attached hydrogen (secondary N) is 1. The molecular formula is C22H14FN3O2. The van der Waals surface area contributed by atoms with Crippen molar-refractivity contribution in [1.82, 2.24) is 14.4 Å². The molecule has 0 aliphatic rings. The molecule has 0 atom stereocenters. The molecule has 0 bridgehead atoms. The van der Waals surface area contributed by atoms with Gasteiger partial charge in [-0.05, 0) is 52.9 Å². The molecule has 6 heteroatoms. The normalized spacial score (nSPS) is 11.2. The fourth-order valence-corrected chi connectivity index (χ4v) is 3.43. The smallest absolute Gasteiger partial charge is 0.299 e. The van der Waals surface area contributed by atoms with Crippen molar-refractivity contribution in [3.63, 3.8) is 0 Å². The van der Waals surface area contributed by atoms with Gasteiger partial charge in [-0.2, -0.15) is 4.98 Å². The molecule has 0 unspecified atom stereocenters. The van der Waals surface area contributed by atoms with Crippen LogP contribution < -0.4 is 4.74 Å². The van der Waals surface area contributed by atoms with Crippen LogP contribution in [0.4, 0.5) is 4.39 Å². The Morgan fingerprint density at radius 1 is 0.964 bits per heavy atom. The minimum atomic E-state index is -0.283. The van der Waals surface area contributed by atoms with Gasteiger partial charge in [0.1, 0.15) is 17.2 Å². The van der Waals surface area contributed by atoms with Gasteiger partial charge >= 0.3 is 0 Å². The van der Waals surface area contributed by atoms with Crippen molar-refractivity contribution in [2.24, 2.45) is 0 Å². The predicted molar refractivity (Wildman–Crippen MR) is 105 cm³/mol. The SMILES string of the molecule is O=COc1nc2cc(-c3ccc(F)cc3)ccn2c1-c1ccc2cc[nH]c2c1. The summed E-state index contributed by atoms with van der Waals surface area (Å²) in [5, 5.41) is 1.09. The third-order valence-corrected chi connectivity index (χ3v) is 4.76. The Morgan fingerprint density at radius 2 is 1.79 bits per heavy atom. The molecule has 0 aliphatic heterocycles. The van der Waals surface area contributed by atoms with Crippen molar-refractivity contribution in [2.45, 2.75) is 0 Å². The third kappa shape index (κ3) is 2.63. The van der Waals surface area contributed by atoms with Crippen molar-refractivity contribution >= 4 is 23.0 Å². The molecule has 0 aliphatic carbocycles. The quantitative estimate of drug-likeness (QED) is 0.461. The van der Waals surface area contributed by atoms with Crippen LogP contribution in [0.1, 0.15) is 0 Å². The number of benzene rings is 2. The van der Waals surface area contributed by atoms with Crippen LogP contribution in [-0.2, 0) is 4.79 Å². The van der Waals surface area contributed by atoms with Gasteiger partial charge in [0, 0.05) is 23.5 Å². The summed E-state index contributed by atoms with van der Waals surface area (Å²) < 4.78 is 20.2. The van der Waals surface area contributed by atoms with Crippen LogP contribution in [0.25, 0.3) is 38.9 Å². The largest absolute Gasteiger partial charge is 0.407 e. The van der Waals surface area contributed by atoms with Crippen molar-refractivity contribution in [3.8, 4) is 28.3 Å². The molecule has 3 heterocycles. The minimum Gasteiger partial charge on any atom is -0.407 e. The van der Waals surface area contributed by atoms with E-state index in [1.165, 1.54) is 12.1 Å². The number of aromatic nitrogens is 3. The molecule has 5 aromatic rings. The molecule has 3 aromatic heterocycles. The highest BCUT2D eigenvalue weighted by molar-refractivity contribution is 5.86. The second-order valence-corrected chi connectivity index (χ2v) is 6.41. The van der Waals surface area contributed by atoms with Crippen molar-refractivity contribution in [3.05, 3.63) is 78.9 Å². The van der Waals surface area contributed by atoms with Gasteiger partial charge < -0.3 is 9.72 Å². The Labute approximate surface area is 159 Å². The lowest BCUT2D eigenvalue weighted by molar-refractivity contribution is -0.120. The van der Waals surface area contributed by atoms with Gasteiger partial charge in [-0.25, -0.2) is 4.39 Å². The van der Waals surface area contributed by atoms with E-state index in [0.717, 1.165) is 27.6 Å². The van der Waals surface area contributed by atoms with Crippen LogP contribution in [0.3, 0.4) is 0 Å². The van der Waals surface area contributed by atoms with Gasteiger partial charge in [-0.15, -0.1) is 0 Å². The Hall–Kier alpha value is -3.93. The first-order chi connectivity index (χ1) is 13.7. The van der Waals surface area contributed by atoms with E-state index in [2.05, 4.69) is 9.97 Å². The molecule has 1 N–H and O–H groups in total. The summed E-state index contributed by atoms with van der Waals surface area (Å²) >= 11 is 0. The Bertz CT molecular complexity index is 1320. The van der Waals surface area contributed by atoms with E-state index in [0.29, 0.717) is 17.8 Å². The maximum absolute atomic E-state index is 13.2. The van der Waals surface area contributed by atoms with Crippen molar-refractivity contribution < 1.29 is 13.9 Å². The summed E-state index contributed by atoms with van der Waals surface area (Å²) in [5.41, 5.74) is 4.92. The molecular weight excluding hydrogens is 357 g/mol. The second-order valence-electron chi connectivity index (χ2n) is 6.41. The summed E-state index contributed by atoms with van der Waals surface area (Å²) in [6, 6.07) is 18.0. The number of hydrogen-bond donors (Lipinski definition) is 1. The van der Waals surface area contributed by atoms with Gasteiger partial charge in [-0.3, -0.25) is 9.20 Å². The highest BCUT2D eigenvalue weighted by Crippen LogP contribution is 2.33. The number of imidazole rings is 1. The summed E-state index contributed by atoms with van der Waals surface area (Å²) in [7, 11) is 0. The van der Waals surface area contributed by atoms with Crippen LogP contribution in [0.5, 0.6) is 5.88 Å². The molecule has 0 saturated heterocycles. The number of carbonyl (C=O) groups excluding carboxylic acids is 1. The fraction of sp³-hybridized carbons (Fsp3) is 0. The van der Waals surface area contributed by atoms with Gasteiger partial charge in [0.25, 0.3) is 6.47 Å². The number of ether oxygens (including phenoxy) is 1. The standard InChI is InChI=1S/C22H14FN3O2/c23-18-5-3-14(4-6-18)16-8-10-26-20(12-16)25-22(28-13-27)21(26)17-2-1-15-7-9-24-19(15)11-17/h1-13,24H. The van der Waals surface area contributed by atoms with Gasteiger partial charge in [0.05, 0.1) is 0 Å². The number of halogens is 1. The molecule has 0 spiro atoms. The Kier molecular flexibility index (Phi) is 3.69. The minimum absolute atomic E-state index is 0.233. The first-order valence-corrected chi connectivity index (χ1v) is 8.69. The summed E-state index contributed by atoms with van der Waals surface area (Å²) in [4.78, 5) is 18.7. The van der Waals surface area contributed by atoms with E-state index in [1.54, 1.807) is 12.1 Å². The molecule has 0 saturated carbocycles. The average molecular weight is 371 g/mol. The maximum Gasteiger partial charge on any atom is 0.299 e. The molecule has 0 fully saturated rings. The van der Waals surface area contributed by atoms with Gasteiger partial charge in [0.2, 0.25) is 5.88 Å². The van der Waals surface area contributed by atoms with Gasteiger partial charge in [-0.1, -0.05) is 24.3 Å². The van der Waals surface area contributed by atoms with Crippen molar-refractivity contribution in [2.75, 3.05) is 0 Å². The van der Waals surface area contributed by atoms with Crippen LogP contribution in [0, 0.1) is 5.82 Å². The first-order valence-electron chi connectivity index (χ1n) is 8.69. The summed E-state index contributed by atoms with van der Waals surface area (Å²) in [5.74, 6) is -0.0496. The number of rotatable bonds is 4. The molecule has 28 heavy (non-hydrogen) atoms. The highest BCUT2D eigenvalue weighted by atomic mass is 19.1.